The van der Waals surface area contributed by atoms with Crippen molar-refractivity contribution in [1.82, 2.24) is 4.98 Å². The normalized spacial score (nSPS) is 23.7. The smallest absolute Gasteiger partial charge is 0.302 e. The van der Waals surface area contributed by atoms with Gasteiger partial charge in [-0.15, -0.1) is 0 Å². The lowest BCUT2D eigenvalue weighted by Gasteiger charge is -2.38. The summed E-state index contributed by atoms with van der Waals surface area (Å²) in [6.45, 7) is 6.68. The van der Waals surface area contributed by atoms with E-state index in [-0.39, 0.29) is 23.3 Å². The van der Waals surface area contributed by atoms with Gasteiger partial charge in [0.2, 0.25) is 5.91 Å². The van der Waals surface area contributed by atoms with Crippen molar-refractivity contribution < 1.29 is 13.9 Å². The molecule has 1 amide bonds. The van der Waals surface area contributed by atoms with Crippen molar-refractivity contribution in [3.8, 4) is 5.75 Å². The zero-order valence-corrected chi connectivity index (χ0v) is 14.2. The minimum absolute atomic E-state index is 0.00291. The lowest BCUT2D eigenvalue weighted by molar-refractivity contribution is -0.122. The molecule has 1 aromatic heterocycles. The average Bonchev–Trinajstić information content (AvgIpc) is 2.86. The number of hydrogen-bond donors (Lipinski definition) is 1. The van der Waals surface area contributed by atoms with E-state index in [1.54, 1.807) is 13.2 Å². The Morgan fingerprint density at radius 1 is 1.39 bits per heavy atom. The Hall–Kier alpha value is -2.04. The molecule has 1 aromatic carbocycles. The summed E-state index contributed by atoms with van der Waals surface area (Å²) >= 11 is 0. The Bertz CT molecular complexity index is 720. The van der Waals surface area contributed by atoms with Gasteiger partial charge in [0.25, 0.3) is 0 Å². The van der Waals surface area contributed by atoms with E-state index in [4.69, 9.17) is 9.15 Å². The van der Waals surface area contributed by atoms with Crippen molar-refractivity contribution in [2.24, 2.45) is 17.3 Å². The standard InChI is InChI=1S/C18H24N2O3/c1-11-7-12(10-18(2,3)9-11)16(21)20-17-19-14-6-5-13(22-4)8-15(14)23-17/h5-6,8,11-12H,7,9-10H2,1-4H3,(H,19,20,21). The Kier molecular flexibility index (Phi) is 4.04. The summed E-state index contributed by atoms with van der Waals surface area (Å²) in [6, 6.07) is 5.67. The van der Waals surface area contributed by atoms with E-state index in [1.165, 1.54) is 6.42 Å². The molecule has 1 fully saturated rings. The number of hydrogen-bond acceptors (Lipinski definition) is 4. The van der Waals surface area contributed by atoms with Gasteiger partial charge in [-0.05, 0) is 42.7 Å². The van der Waals surface area contributed by atoms with E-state index < -0.39 is 0 Å². The Balaban J connectivity index is 1.74. The van der Waals surface area contributed by atoms with Crippen LogP contribution in [-0.4, -0.2) is 18.0 Å². The molecule has 23 heavy (non-hydrogen) atoms. The van der Waals surface area contributed by atoms with Crippen molar-refractivity contribution >= 4 is 23.0 Å². The maximum absolute atomic E-state index is 12.6. The second-order valence-corrected chi connectivity index (χ2v) is 7.45. The summed E-state index contributed by atoms with van der Waals surface area (Å²) in [5.41, 5.74) is 1.52. The number of nitrogens with zero attached hydrogens (tertiary/aromatic N) is 1. The van der Waals surface area contributed by atoms with Crippen molar-refractivity contribution in [3.63, 3.8) is 0 Å². The first-order chi connectivity index (χ1) is 10.9. The van der Waals surface area contributed by atoms with Gasteiger partial charge in [0.15, 0.2) is 5.58 Å². The van der Waals surface area contributed by atoms with Crippen LogP contribution in [0.5, 0.6) is 5.75 Å². The molecule has 5 nitrogen and oxygen atoms in total. The molecular formula is C18H24N2O3. The number of anilines is 1. The molecular weight excluding hydrogens is 292 g/mol. The SMILES string of the molecule is COc1ccc2nc(NC(=O)C3CC(C)CC(C)(C)C3)oc2c1. The largest absolute Gasteiger partial charge is 0.497 e. The van der Waals surface area contributed by atoms with Crippen LogP contribution in [0, 0.1) is 17.3 Å². The number of fused-ring (bicyclic) bond motifs is 1. The highest BCUT2D eigenvalue weighted by Crippen LogP contribution is 2.42. The third kappa shape index (κ3) is 3.49. The van der Waals surface area contributed by atoms with Crippen LogP contribution in [0.25, 0.3) is 11.1 Å². The van der Waals surface area contributed by atoms with Gasteiger partial charge in [-0.25, -0.2) is 0 Å². The van der Waals surface area contributed by atoms with Crippen LogP contribution in [0.2, 0.25) is 0 Å². The molecule has 1 N–H and O–H groups in total. The summed E-state index contributed by atoms with van der Waals surface area (Å²) in [6.07, 6.45) is 2.99. The molecule has 5 heteroatoms. The number of carbonyl (C=O) groups excluding carboxylic acids is 1. The minimum Gasteiger partial charge on any atom is -0.497 e. The van der Waals surface area contributed by atoms with Gasteiger partial charge < -0.3 is 9.15 Å². The molecule has 124 valence electrons. The molecule has 0 aliphatic heterocycles. The molecule has 2 unspecified atom stereocenters. The van der Waals surface area contributed by atoms with Gasteiger partial charge in [-0.3, -0.25) is 10.1 Å². The number of methoxy groups -OCH3 is 1. The highest BCUT2D eigenvalue weighted by atomic mass is 16.5. The fraction of sp³-hybridized carbons (Fsp3) is 0.556. The summed E-state index contributed by atoms with van der Waals surface area (Å²) < 4.78 is 10.8. The molecule has 2 atom stereocenters. The predicted molar refractivity (Wildman–Crippen MR) is 89.5 cm³/mol. The van der Waals surface area contributed by atoms with Gasteiger partial charge in [-0.1, -0.05) is 20.8 Å². The Morgan fingerprint density at radius 3 is 2.87 bits per heavy atom. The number of ether oxygens (including phenoxy) is 1. The molecule has 1 aliphatic carbocycles. The monoisotopic (exact) mass is 316 g/mol. The minimum atomic E-state index is 0.00291. The quantitative estimate of drug-likeness (QED) is 0.920. The third-order valence-electron chi connectivity index (χ3n) is 4.58. The van der Waals surface area contributed by atoms with E-state index in [0.717, 1.165) is 12.8 Å². The van der Waals surface area contributed by atoms with Gasteiger partial charge in [-0.2, -0.15) is 4.98 Å². The van der Waals surface area contributed by atoms with Gasteiger partial charge in [0.1, 0.15) is 11.3 Å². The first-order valence-electron chi connectivity index (χ1n) is 8.12. The van der Waals surface area contributed by atoms with Crippen LogP contribution in [0.4, 0.5) is 6.01 Å². The second kappa shape index (κ2) is 5.87. The van der Waals surface area contributed by atoms with Crippen LogP contribution in [0.15, 0.2) is 22.6 Å². The van der Waals surface area contributed by atoms with E-state index in [1.807, 2.05) is 12.1 Å². The van der Waals surface area contributed by atoms with Crippen LogP contribution in [0.1, 0.15) is 40.0 Å². The molecule has 1 heterocycles. The van der Waals surface area contributed by atoms with Crippen LogP contribution in [-0.2, 0) is 4.79 Å². The topological polar surface area (TPSA) is 64.4 Å². The molecule has 2 aromatic rings. The predicted octanol–water partition coefficient (Wildman–Crippen LogP) is 4.24. The first kappa shape index (κ1) is 15.8. The molecule has 0 radical (unpaired) electrons. The summed E-state index contributed by atoms with van der Waals surface area (Å²) in [4.78, 5) is 16.9. The number of nitrogens with one attached hydrogen (secondary N) is 1. The third-order valence-corrected chi connectivity index (χ3v) is 4.58. The van der Waals surface area contributed by atoms with Crippen molar-refractivity contribution in [1.29, 1.82) is 0 Å². The number of carbonyl (C=O) groups is 1. The molecule has 0 spiro atoms. The van der Waals surface area contributed by atoms with E-state index in [0.29, 0.717) is 22.8 Å². The number of oxazole rings is 1. The molecule has 0 saturated heterocycles. The molecule has 1 aliphatic rings. The maximum Gasteiger partial charge on any atom is 0.302 e. The van der Waals surface area contributed by atoms with Gasteiger partial charge in [0.05, 0.1) is 7.11 Å². The number of benzene rings is 1. The second-order valence-electron chi connectivity index (χ2n) is 7.45. The van der Waals surface area contributed by atoms with Crippen LogP contribution < -0.4 is 10.1 Å². The van der Waals surface area contributed by atoms with E-state index >= 15 is 0 Å². The summed E-state index contributed by atoms with van der Waals surface area (Å²) in [5.74, 6) is 1.28. The highest BCUT2D eigenvalue weighted by molar-refractivity contribution is 5.92. The zero-order chi connectivity index (χ0) is 16.6. The van der Waals surface area contributed by atoms with Crippen molar-refractivity contribution in [2.45, 2.75) is 40.0 Å². The number of amides is 1. The number of aromatic nitrogens is 1. The maximum atomic E-state index is 12.6. The van der Waals surface area contributed by atoms with Gasteiger partial charge >= 0.3 is 6.01 Å². The summed E-state index contributed by atoms with van der Waals surface area (Å²) in [5, 5.41) is 2.84. The Labute approximate surface area is 136 Å². The van der Waals surface area contributed by atoms with Crippen molar-refractivity contribution in [3.05, 3.63) is 18.2 Å². The summed E-state index contributed by atoms with van der Waals surface area (Å²) in [7, 11) is 1.60. The number of rotatable bonds is 3. The van der Waals surface area contributed by atoms with Gasteiger partial charge in [0, 0.05) is 12.0 Å². The fourth-order valence-corrected chi connectivity index (χ4v) is 3.84. The highest BCUT2D eigenvalue weighted by Gasteiger charge is 2.35. The van der Waals surface area contributed by atoms with Crippen LogP contribution >= 0.6 is 0 Å². The lowest BCUT2D eigenvalue weighted by atomic mass is 9.68. The first-order valence-corrected chi connectivity index (χ1v) is 8.12. The average molecular weight is 316 g/mol. The molecule has 0 bridgehead atoms. The zero-order valence-electron chi connectivity index (χ0n) is 14.2. The van der Waals surface area contributed by atoms with Crippen molar-refractivity contribution in [2.75, 3.05) is 12.4 Å². The van der Waals surface area contributed by atoms with Crippen LogP contribution in [0.3, 0.4) is 0 Å². The Morgan fingerprint density at radius 2 is 2.17 bits per heavy atom. The lowest BCUT2D eigenvalue weighted by Crippen LogP contribution is -2.34. The fourth-order valence-electron chi connectivity index (χ4n) is 3.84. The van der Waals surface area contributed by atoms with E-state index in [2.05, 4.69) is 31.1 Å². The molecule has 3 rings (SSSR count). The van der Waals surface area contributed by atoms with E-state index in [9.17, 15) is 4.79 Å². The molecule has 1 saturated carbocycles.